The SMILES string of the molecule is CCc1ccc(C)n2nc(C=Cc3ccc4cc(F)ccc4n3)nc12.COc1ccc(C)n2nc(C=Cc3ccc4cc(F)ccc4n3)nc12. The molecule has 0 aliphatic carbocycles. The van der Waals surface area contributed by atoms with Crippen molar-refractivity contribution < 1.29 is 13.5 Å². The molecule has 0 amide bonds. The number of hydrogen-bond donors (Lipinski definition) is 0. The Bertz CT molecular complexity index is 2410. The molecular weight excluding hydrogens is 634 g/mol. The van der Waals surface area contributed by atoms with Gasteiger partial charge in [0.05, 0.1) is 29.5 Å². The van der Waals surface area contributed by atoms with Gasteiger partial charge in [-0.15, -0.1) is 10.2 Å². The van der Waals surface area contributed by atoms with E-state index in [-0.39, 0.29) is 11.6 Å². The first-order valence-corrected chi connectivity index (χ1v) is 16.0. The van der Waals surface area contributed by atoms with Crippen LogP contribution in [-0.2, 0) is 6.42 Å². The first-order valence-electron chi connectivity index (χ1n) is 16.0. The highest BCUT2D eigenvalue weighted by molar-refractivity contribution is 5.81. The molecular formula is C39H32F2N8O. The Balaban J connectivity index is 0.000000157. The third kappa shape index (κ3) is 6.66. The lowest BCUT2D eigenvalue weighted by atomic mass is 10.2. The number of pyridine rings is 4. The van der Waals surface area contributed by atoms with Crippen LogP contribution >= 0.6 is 0 Å². The minimum absolute atomic E-state index is 0.256. The summed E-state index contributed by atoms with van der Waals surface area (Å²) in [7, 11) is 1.61. The van der Waals surface area contributed by atoms with Crippen molar-refractivity contribution in [1.82, 2.24) is 39.2 Å². The van der Waals surface area contributed by atoms with Gasteiger partial charge in [-0.25, -0.2) is 37.7 Å². The van der Waals surface area contributed by atoms with Crippen LogP contribution in [0.4, 0.5) is 8.78 Å². The number of aryl methyl sites for hydroxylation is 3. The molecule has 0 saturated heterocycles. The Morgan fingerprint density at radius 1 is 0.600 bits per heavy atom. The second-order valence-electron chi connectivity index (χ2n) is 11.6. The third-order valence-corrected chi connectivity index (χ3v) is 8.18. The van der Waals surface area contributed by atoms with Crippen LogP contribution in [0.5, 0.6) is 5.75 Å². The molecule has 0 radical (unpaired) electrons. The monoisotopic (exact) mass is 666 g/mol. The lowest BCUT2D eigenvalue weighted by Crippen LogP contribution is -1.96. The quantitative estimate of drug-likeness (QED) is 0.176. The van der Waals surface area contributed by atoms with Crippen LogP contribution in [0.15, 0.2) is 84.9 Å². The van der Waals surface area contributed by atoms with E-state index in [9.17, 15) is 8.78 Å². The largest absolute Gasteiger partial charge is 0.493 e. The van der Waals surface area contributed by atoms with E-state index in [1.807, 2.05) is 73.0 Å². The van der Waals surface area contributed by atoms with Crippen LogP contribution in [-0.4, -0.2) is 46.3 Å². The summed E-state index contributed by atoms with van der Waals surface area (Å²) in [5.74, 6) is 1.35. The minimum atomic E-state index is -0.268. The number of aromatic nitrogens is 8. The summed E-state index contributed by atoms with van der Waals surface area (Å²) in [5, 5.41) is 10.6. The lowest BCUT2D eigenvalue weighted by molar-refractivity contribution is 0.416. The fourth-order valence-corrected chi connectivity index (χ4v) is 5.53. The van der Waals surface area contributed by atoms with Gasteiger partial charge in [0.1, 0.15) is 11.6 Å². The molecule has 8 aromatic rings. The van der Waals surface area contributed by atoms with E-state index >= 15 is 0 Å². The number of benzene rings is 2. The molecule has 50 heavy (non-hydrogen) atoms. The van der Waals surface area contributed by atoms with E-state index < -0.39 is 0 Å². The maximum absolute atomic E-state index is 13.2. The van der Waals surface area contributed by atoms with E-state index in [0.717, 1.165) is 56.6 Å². The predicted octanol–water partition coefficient (Wildman–Crippen LogP) is 8.36. The molecule has 6 aromatic heterocycles. The molecule has 0 N–H and O–H groups in total. The zero-order valence-corrected chi connectivity index (χ0v) is 27.8. The number of fused-ring (bicyclic) bond motifs is 4. The van der Waals surface area contributed by atoms with E-state index in [1.165, 1.54) is 29.8 Å². The van der Waals surface area contributed by atoms with Crippen molar-refractivity contribution in [2.75, 3.05) is 7.11 Å². The first-order chi connectivity index (χ1) is 24.3. The zero-order chi connectivity index (χ0) is 34.8. The fourth-order valence-electron chi connectivity index (χ4n) is 5.53. The fraction of sp³-hybridized carbons (Fsp3) is 0.128. The number of nitrogens with zero attached hydrogens (tertiary/aromatic N) is 8. The maximum Gasteiger partial charge on any atom is 0.198 e. The Labute approximate surface area is 286 Å². The van der Waals surface area contributed by atoms with Crippen molar-refractivity contribution in [3.8, 4) is 5.75 Å². The summed E-state index contributed by atoms with van der Waals surface area (Å²) in [6.07, 6.45) is 8.26. The highest BCUT2D eigenvalue weighted by Gasteiger charge is 2.10. The molecule has 11 heteroatoms. The Hall–Kier alpha value is -6.36. The Morgan fingerprint density at radius 2 is 1.12 bits per heavy atom. The molecule has 0 fully saturated rings. The molecule has 0 spiro atoms. The summed E-state index contributed by atoms with van der Waals surface area (Å²) >= 11 is 0. The van der Waals surface area contributed by atoms with E-state index in [4.69, 9.17) is 4.74 Å². The Kier molecular flexibility index (Phi) is 8.78. The molecule has 6 heterocycles. The van der Waals surface area contributed by atoms with Crippen molar-refractivity contribution in [2.24, 2.45) is 0 Å². The molecule has 8 rings (SSSR count). The van der Waals surface area contributed by atoms with E-state index in [2.05, 4.69) is 49.2 Å². The topological polar surface area (TPSA) is 95.4 Å². The van der Waals surface area contributed by atoms with Crippen LogP contribution in [0.1, 0.15) is 46.9 Å². The van der Waals surface area contributed by atoms with Crippen molar-refractivity contribution in [2.45, 2.75) is 27.2 Å². The summed E-state index contributed by atoms with van der Waals surface area (Å²) in [6.45, 7) is 6.08. The average Bonchev–Trinajstić information content (AvgIpc) is 3.77. The van der Waals surface area contributed by atoms with Gasteiger partial charge in [0.2, 0.25) is 0 Å². The molecule has 0 bridgehead atoms. The normalized spacial score (nSPS) is 11.7. The van der Waals surface area contributed by atoms with Crippen LogP contribution in [0.3, 0.4) is 0 Å². The minimum Gasteiger partial charge on any atom is -0.493 e. The van der Waals surface area contributed by atoms with Gasteiger partial charge in [-0.2, -0.15) is 0 Å². The summed E-state index contributed by atoms with van der Waals surface area (Å²) in [6, 6.07) is 24.5. The van der Waals surface area contributed by atoms with Crippen molar-refractivity contribution in [3.05, 3.63) is 137 Å². The highest BCUT2D eigenvalue weighted by Crippen LogP contribution is 2.21. The van der Waals surface area contributed by atoms with Gasteiger partial charge in [-0.05, 0) is 117 Å². The average molecular weight is 667 g/mol. The number of rotatable bonds is 6. The van der Waals surface area contributed by atoms with Gasteiger partial charge in [-0.1, -0.05) is 25.1 Å². The van der Waals surface area contributed by atoms with Gasteiger partial charge in [0.15, 0.2) is 28.7 Å². The number of hydrogen-bond acceptors (Lipinski definition) is 7. The predicted molar refractivity (Wildman–Crippen MR) is 193 cm³/mol. The van der Waals surface area contributed by atoms with Crippen molar-refractivity contribution in [3.63, 3.8) is 0 Å². The molecule has 0 aliphatic rings. The number of methoxy groups -OCH3 is 1. The molecule has 0 unspecified atom stereocenters. The number of halogens is 2. The standard InChI is InChI=1S/C20H17FN4.C19H15FN4O/c1-3-14-5-4-13(2)25-20(14)23-19(24-25)11-9-17-8-6-15-12-16(21)7-10-18(15)22-17;1-12-3-9-17(25-2)19-22-18(23-24(12)19)10-7-15-6-4-13-11-14(20)5-8-16(13)21-15/h4-12H,3H2,1-2H3;3-11H,1-2H3. The molecule has 9 nitrogen and oxygen atoms in total. The molecule has 0 atom stereocenters. The van der Waals surface area contributed by atoms with E-state index in [0.29, 0.717) is 23.0 Å². The first kappa shape index (κ1) is 32.2. The summed E-state index contributed by atoms with van der Waals surface area (Å²) in [5.41, 5.74) is 7.78. The van der Waals surface area contributed by atoms with Gasteiger partial charge >= 0.3 is 0 Å². The second kappa shape index (κ2) is 13.6. The summed E-state index contributed by atoms with van der Waals surface area (Å²) < 4.78 is 35.4. The van der Waals surface area contributed by atoms with Gasteiger partial charge in [0.25, 0.3) is 0 Å². The molecule has 2 aromatic carbocycles. The van der Waals surface area contributed by atoms with Crippen LogP contribution < -0.4 is 4.74 Å². The zero-order valence-electron chi connectivity index (χ0n) is 27.8. The van der Waals surface area contributed by atoms with Gasteiger partial charge in [-0.3, -0.25) is 0 Å². The molecule has 0 saturated carbocycles. The Morgan fingerprint density at radius 3 is 1.66 bits per heavy atom. The molecule has 248 valence electrons. The van der Waals surface area contributed by atoms with Gasteiger partial charge in [0, 0.05) is 22.2 Å². The van der Waals surface area contributed by atoms with Crippen LogP contribution in [0.25, 0.3) is 57.4 Å². The highest BCUT2D eigenvalue weighted by atomic mass is 19.1. The second-order valence-corrected chi connectivity index (χ2v) is 11.6. The third-order valence-electron chi connectivity index (χ3n) is 8.18. The molecule has 0 aliphatic heterocycles. The van der Waals surface area contributed by atoms with Gasteiger partial charge < -0.3 is 4.74 Å². The van der Waals surface area contributed by atoms with Crippen LogP contribution in [0, 0.1) is 25.5 Å². The van der Waals surface area contributed by atoms with Crippen molar-refractivity contribution >= 4 is 57.4 Å². The van der Waals surface area contributed by atoms with Crippen molar-refractivity contribution in [1.29, 1.82) is 0 Å². The maximum atomic E-state index is 13.2. The van der Waals surface area contributed by atoms with Crippen LogP contribution in [0.2, 0.25) is 0 Å². The van der Waals surface area contributed by atoms with E-state index in [1.54, 1.807) is 29.8 Å². The smallest absolute Gasteiger partial charge is 0.198 e. The lowest BCUT2D eigenvalue weighted by Gasteiger charge is -2.02. The summed E-state index contributed by atoms with van der Waals surface area (Å²) in [4.78, 5) is 18.1. The number of ether oxygens (including phenoxy) is 1.